The van der Waals surface area contributed by atoms with Gasteiger partial charge in [0.25, 0.3) is 0 Å². The number of hydrogen-bond acceptors (Lipinski definition) is 4. The monoisotopic (exact) mass is 454 g/mol. The number of halogens is 2. The lowest BCUT2D eigenvalue weighted by Crippen LogP contribution is -2.05. The standard InChI is InChI=1S/C18H16Br2O4/c19-9-17(21)23-11-13-1-5-15(6-2-13)16-7-3-14(4-8-16)12-24-18(22)10-20/h1-8H,9-12H2. The summed E-state index contributed by atoms with van der Waals surface area (Å²) < 4.78 is 10.1. The average molecular weight is 456 g/mol. The number of hydrogen-bond donors (Lipinski definition) is 0. The lowest BCUT2D eigenvalue weighted by molar-refractivity contribution is -0.142. The molecule has 2 aromatic rings. The number of rotatable bonds is 7. The van der Waals surface area contributed by atoms with Crippen LogP contribution in [0.2, 0.25) is 0 Å². The van der Waals surface area contributed by atoms with Gasteiger partial charge in [-0.15, -0.1) is 0 Å². The first-order valence-corrected chi connectivity index (χ1v) is 9.48. The van der Waals surface area contributed by atoms with E-state index in [0.29, 0.717) is 0 Å². The fourth-order valence-corrected chi connectivity index (χ4v) is 2.32. The summed E-state index contributed by atoms with van der Waals surface area (Å²) in [5, 5.41) is 0.394. The van der Waals surface area contributed by atoms with Crippen LogP contribution in [0.15, 0.2) is 48.5 Å². The van der Waals surface area contributed by atoms with E-state index in [2.05, 4.69) is 31.9 Å². The summed E-state index contributed by atoms with van der Waals surface area (Å²) in [6.45, 7) is 0.533. The van der Waals surface area contributed by atoms with Crippen LogP contribution in [0.5, 0.6) is 0 Å². The number of carbonyl (C=O) groups excluding carboxylic acids is 2. The second-order valence-electron chi connectivity index (χ2n) is 4.98. The van der Waals surface area contributed by atoms with E-state index in [1.807, 2.05) is 48.5 Å². The van der Waals surface area contributed by atoms with Crippen molar-refractivity contribution in [2.24, 2.45) is 0 Å². The fourth-order valence-electron chi connectivity index (χ4n) is 1.99. The largest absolute Gasteiger partial charge is 0.460 e. The van der Waals surface area contributed by atoms with E-state index in [-0.39, 0.29) is 35.8 Å². The third kappa shape index (κ3) is 5.76. The van der Waals surface area contributed by atoms with Crippen LogP contribution in [-0.4, -0.2) is 22.6 Å². The topological polar surface area (TPSA) is 52.6 Å². The van der Waals surface area contributed by atoms with Gasteiger partial charge in [0.2, 0.25) is 0 Å². The molecule has 0 N–H and O–H groups in total. The van der Waals surface area contributed by atoms with E-state index in [1.165, 1.54) is 0 Å². The van der Waals surface area contributed by atoms with Crippen molar-refractivity contribution in [1.29, 1.82) is 0 Å². The molecule has 6 heteroatoms. The summed E-state index contributed by atoms with van der Waals surface area (Å²) in [7, 11) is 0. The third-order valence-corrected chi connectivity index (χ3v) is 4.17. The summed E-state index contributed by atoms with van der Waals surface area (Å²) in [5.74, 6) is -0.564. The zero-order chi connectivity index (χ0) is 17.4. The highest BCUT2D eigenvalue weighted by Crippen LogP contribution is 2.21. The minimum absolute atomic E-state index is 0.197. The minimum Gasteiger partial charge on any atom is -0.460 e. The SMILES string of the molecule is O=C(CBr)OCc1ccc(-c2ccc(COC(=O)CBr)cc2)cc1. The predicted octanol–water partition coefficient (Wildman–Crippen LogP) is 4.23. The maximum atomic E-state index is 11.1. The van der Waals surface area contributed by atoms with Gasteiger partial charge in [0.05, 0.1) is 0 Å². The molecule has 24 heavy (non-hydrogen) atoms. The molecule has 0 aliphatic heterocycles. The molecule has 0 saturated carbocycles. The van der Waals surface area contributed by atoms with Crippen molar-refractivity contribution in [3.63, 3.8) is 0 Å². The molecule has 2 rings (SSSR count). The van der Waals surface area contributed by atoms with Gasteiger partial charge in [0.15, 0.2) is 0 Å². The van der Waals surface area contributed by atoms with E-state index in [0.717, 1.165) is 22.3 Å². The summed E-state index contributed by atoms with van der Waals surface area (Å²) in [6, 6.07) is 15.7. The van der Waals surface area contributed by atoms with Crippen LogP contribution < -0.4 is 0 Å². The lowest BCUT2D eigenvalue weighted by Gasteiger charge is -2.07. The molecular formula is C18H16Br2O4. The van der Waals surface area contributed by atoms with E-state index in [9.17, 15) is 9.59 Å². The molecule has 2 aromatic carbocycles. The molecule has 0 heterocycles. The van der Waals surface area contributed by atoms with Gasteiger partial charge in [-0.1, -0.05) is 80.4 Å². The number of benzene rings is 2. The Hall–Kier alpha value is -1.66. The third-order valence-electron chi connectivity index (χ3n) is 3.26. The molecule has 0 atom stereocenters. The number of esters is 2. The number of ether oxygens (including phenoxy) is 2. The summed E-state index contributed by atoms with van der Waals surface area (Å²) in [4.78, 5) is 22.2. The zero-order valence-corrected chi connectivity index (χ0v) is 16.0. The maximum absolute atomic E-state index is 11.1. The Morgan fingerprint density at radius 2 is 1.00 bits per heavy atom. The van der Waals surface area contributed by atoms with Crippen LogP contribution in [-0.2, 0) is 32.3 Å². The highest BCUT2D eigenvalue weighted by atomic mass is 79.9. The van der Waals surface area contributed by atoms with Gasteiger partial charge in [-0.05, 0) is 22.3 Å². The Bertz CT molecular complexity index is 620. The molecule has 0 aromatic heterocycles. The van der Waals surface area contributed by atoms with Gasteiger partial charge in [0.1, 0.15) is 23.9 Å². The molecule has 0 spiro atoms. The first kappa shape index (κ1) is 18.7. The van der Waals surface area contributed by atoms with E-state index in [4.69, 9.17) is 9.47 Å². The molecule has 0 saturated heterocycles. The van der Waals surface area contributed by atoms with Crippen molar-refractivity contribution in [3.8, 4) is 11.1 Å². The van der Waals surface area contributed by atoms with E-state index in [1.54, 1.807) is 0 Å². The Kier molecular flexibility index (Phi) is 7.46. The summed E-state index contributed by atoms with van der Waals surface area (Å²) >= 11 is 6.11. The highest BCUT2D eigenvalue weighted by molar-refractivity contribution is 9.09. The minimum atomic E-state index is -0.282. The Morgan fingerprint density at radius 3 is 1.29 bits per heavy atom. The van der Waals surface area contributed by atoms with Crippen LogP contribution >= 0.6 is 31.9 Å². The molecule has 0 bridgehead atoms. The first-order chi connectivity index (χ1) is 11.6. The zero-order valence-electron chi connectivity index (χ0n) is 12.8. The second-order valence-corrected chi connectivity index (χ2v) is 6.10. The van der Waals surface area contributed by atoms with E-state index >= 15 is 0 Å². The summed E-state index contributed by atoms with van der Waals surface area (Å²) in [5.41, 5.74) is 4.00. The molecule has 4 nitrogen and oxygen atoms in total. The summed E-state index contributed by atoms with van der Waals surface area (Å²) in [6.07, 6.45) is 0. The Morgan fingerprint density at radius 1 is 0.667 bits per heavy atom. The first-order valence-electron chi connectivity index (χ1n) is 7.24. The van der Waals surface area contributed by atoms with Crippen LogP contribution in [0, 0.1) is 0 Å². The Labute approximate surface area is 157 Å². The van der Waals surface area contributed by atoms with Crippen molar-refractivity contribution >= 4 is 43.8 Å². The van der Waals surface area contributed by atoms with Gasteiger partial charge < -0.3 is 9.47 Å². The van der Waals surface area contributed by atoms with Crippen LogP contribution in [0.1, 0.15) is 11.1 Å². The van der Waals surface area contributed by atoms with Gasteiger partial charge in [-0.2, -0.15) is 0 Å². The molecule has 0 aliphatic rings. The molecule has 0 aliphatic carbocycles. The normalized spacial score (nSPS) is 10.2. The van der Waals surface area contributed by atoms with Gasteiger partial charge in [-0.3, -0.25) is 9.59 Å². The predicted molar refractivity (Wildman–Crippen MR) is 99.1 cm³/mol. The molecule has 0 unspecified atom stereocenters. The molecule has 0 fully saturated rings. The smallest absolute Gasteiger partial charge is 0.316 e. The van der Waals surface area contributed by atoms with Gasteiger partial charge in [-0.25, -0.2) is 0 Å². The number of alkyl halides is 2. The molecule has 0 radical (unpaired) electrons. The molecular weight excluding hydrogens is 440 g/mol. The highest BCUT2D eigenvalue weighted by Gasteiger charge is 2.04. The van der Waals surface area contributed by atoms with Crippen molar-refractivity contribution in [3.05, 3.63) is 59.7 Å². The van der Waals surface area contributed by atoms with Crippen LogP contribution in [0.4, 0.5) is 0 Å². The fraction of sp³-hybridized carbons (Fsp3) is 0.222. The van der Waals surface area contributed by atoms with Crippen molar-refractivity contribution in [1.82, 2.24) is 0 Å². The molecule has 0 amide bonds. The maximum Gasteiger partial charge on any atom is 0.316 e. The van der Waals surface area contributed by atoms with Crippen LogP contribution in [0.3, 0.4) is 0 Å². The second kappa shape index (κ2) is 9.59. The average Bonchev–Trinajstić information content (AvgIpc) is 2.65. The quantitative estimate of drug-likeness (QED) is 0.463. The van der Waals surface area contributed by atoms with Gasteiger partial charge >= 0.3 is 11.9 Å². The van der Waals surface area contributed by atoms with Crippen LogP contribution in [0.25, 0.3) is 11.1 Å². The van der Waals surface area contributed by atoms with Crippen molar-refractivity contribution in [2.45, 2.75) is 13.2 Å². The van der Waals surface area contributed by atoms with E-state index < -0.39 is 0 Å². The van der Waals surface area contributed by atoms with Crippen molar-refractivity contribution < 1.29 is 19.1 Å². The lowest BCUT2D eigenvalue weighted by atomic mass is 10.0. The van der Waals surface area contributed by atoms with Crippen molar-refractivity contribution in [2.75, 3.05) is 10.7 Å². The molecule has 126 valence electrons. The number of carbonyl (C=O) groups is 2. The van der Waals surface area contributed by atoms with Gasteiger partial charge in [0, 0.05) is 0 Å². The Balaban J connectivity index is 1.96.